The number of hydrogen-bond donors (Lipinski definition) is 1. The number of ether oxygens (including phenoxy) is 1. The zero-order valence-corrected chi connectivity index (χ0v) is 12.3. The zero-order valence-electron chi connectivity index (χ0n) is 12.3. The van der Waals surface area contributed by atoms with Gasteiger partial charge in [-0.15, -0.1) is 0 Å². The molecule has 1 N–H and O–H groups in total. The van der Waals surface area contributed by atoms with Gasteiger partial charge in [0.05, 0.1) is 17.4 Å². The molecular weight excluding hydrogens is 288 g/mol. The first-order chi connectivity index (χ1) is 10.5. The molecule has 2 aliphatic rings. The molecular formula is C15H18N2O5. The number of carboxylic acids is 1. The minimum Gasteiger partial charge on any atom is -0.497 e. The zero-order chi connectivity index (χ0) is 15.9. The maximum Gasteiger partial charge on any atom is 0.311 e. The van der Waals surface area contributed by atoms with Crippen LogP contribution in [-0.4, -0.2) is 36.2 Å². The lowest BCUT2D eigenvalue weighted by molar-refractivity contribution is -0.384. The fraction of sp³-hybridized carbons (Fsp3) is 0.533. The number of nitrogens with zero attached hydrogens (tertiary/aromatic N) is 2. The molecule has 0 spiro atoms. The molecule has 0 bridgehead atoms. The van der Waals surface area contributed by atoms with Crippen LogP contribution >= 0.6 is 0 Å². The topological polar surface area (TPSA) is 92.9 Å². The summed E-state index contributed by atoms with van der Waals surface area (Å²) < 4.78 is 5.15. The summed E-state index contributed by atoms with van der Waals surface area (Å²) in [5, 5.41) is 20.9. The number of anilines is 1. The van der Waals surface area contributed by atoms with Gasteiger partial charge in [0.1, 0.15) is 11.4 Å². The maximum atomic E-state index is 11.7. The molecule has 1 aromatic rings. The summed E-state index contributed by atoms with van der Waals surface area (Å²) in [7, 11) is 1.50. The van der Waals surface area contributed by atoms with Crippen molar-refractivity contribution in [1.82, 2.24) is 0 Å². The van der Waals surface area contributed by atoms with Gasteiger partial charge in [0.15, 0.2) is 0 Å². The van der Waals surface area contributed by atoms with E-state index in [1.165, 1.54) is 13.2 Å². The van der Waals surface area contributed by atoms with E-state index in [9.17, 15) is 20.0 Å². The first-order valence-electron chi connectivity index (χ1n) is 7.29. The number of rotatable bonds is 4. The molecule has 7 heteroatoms. The second kappa shape index (κ2) is 5.15. The number of carboxylic acid groups (broad SMARTS) is 1. The summed E-state index contributed by atoms with van der Waals surface area (Å²) in [6, 6.07) is 4.58. The second-order valence-electron chi connectivity index (χ2n) is 6.04. The molecule has 1 saturated carbocycles. The SMILES string of the molecule is COc1ccc([N+](=O)[O-])c(N2C[C@@H]3CCC[C@@]3(C(=O)O)C2)c1. The van der Waals surface area contributed by atoms with E-state index in [0.717, 1.165) is 12.8 Å². The van der Waals surface area contributed by atoms with E-state index < -0.39 is 16.3 Å². The Labute approximate surface area is 127 Å². The van der Waals surface area contributed by atoms with Gasteiger partial charge in [-0.3, -0.25) is 14.9 Å². The average molecular weight is 306 g/mol. The Hall–Kier alpha value is -2.31. The van der Waals surface area contributed by atoms with Crippen LogP contribution in [0.5, 0.6) is 5.75 Å². The monoisotopic (exact) mass is 306 g/mol. The molecule has 1 heterocycles. The largest absolute Gasteiger partial charge is 0.497 e. The van der Waals surface area contributed by atoms with E-state index >= 15 is 0 Å². The van der Waals surface area contributed by atoms with Crippen molar-refractivity contribution < 1.29 is 19.6 Å². The van der Waals surface area contributed by atoms with Crippen molar-refractivity contribution in [3.8, 4) is 5.75 Å². The number of methoxy groups -OCH3 is 1. The first kappa shape index (κ1) is 14.6. The van der Waals surface area contributed by atoms with Gasteiger partial charge in [-0.1, -0.05) is 6.42 Å². The maximum absolute atomic E-state index is 11.7. The Balaban J connectivity index is 1.99. The van der Waals surface area contributed by atoms with E-state index in [0.29, 0.717) is 30.9 Å². The number of nitro benzene ring substituents is 1. The highest BCUT2D eigenvalue weighted by Gasteiger charge is 2.55. The Morgan fingerprint density at radius 3 is 2.91 bits per heavy atom. The third kappa shape index (κ3) is 2.08. The van der Waals surface area contributed by atoms with Gasteiger partial charge >= 0.3 is 5.97 Å². The molecule has 1 aromatic carbocycles. The number of carbonyl (C=O) groups is 1. The van der Waals surface area contributed by atoms with Gasteiger partial charge < -0.3 is 14.7 Å². The van der Waals surface area contributed by atoms with Crippen molar-refractivity contribution in [2.75, 3.05) is 25.1 Å². The lowest BCUT2D eigenvalue weighted by atomic mass is 9.81. The third-order valence-electron chi connectivity index (χ3n) is 5.02. The molecule has 118 valence electrons. The smallest absolute Gasteiger partial charge is 0.311 e. The van der Waals surface area contributed by atoms with Crippen LogP contribution in [0.2, 0.25) is 0 Å². The fourth-order valence-electron chi connectivity index (χ4n) is 3.86. The number of aliphatic carboxylic acids is 1. The standard InChI is InChI=1S/C15H18N2O5/c1-22-11-4-5-12(17(20)21)13(7-11)16-8-10-3-2-6-15(10,9-16)14(18)19/h4-5,7,10H,2-3,6,8-9H2,1H3,(H,18,19)/t10-,15+/m0/s1. The van der Waals surface area contributed by atoms with Crippen LogP contribution in [0, 0.1) is 21.4 Å². The quantitative estimate of drug-likeness (QED) is 0.677. The van der Waals surface area contributed by atoms with E-state index in [4.69, 9.17) is 4.74 Å². The summed E-state index contributed by atoms with van der Waals surface area (Å²) in [5.74, 6) is -0.208. The highest BCUT2D eigenvalue weighted by Crippen LogP contribution is 2.51. The minimum absolute atomic E-state index is 0.0127. The molecule has 0 amide bonds. The Morgan fingerprint density at radius 2 is 2.32 bits per heavy atom. The summed E-state index contributed by atoms with van der Waals surface area (Å²) in [5.41, 5.74) is -0.336. The van der Waals surface area contributed by atoms with E-state index in [-0.39, 0.29) is 11.6 Å². The van der Waals surface area contributed by atoms with Crippen LogP contribution in [0.3, 0.4) is 0 Å². The highest BCUT2D eigenvalue weighted by atomic mass is 16.6. The van der Waals surface area contributed by atoms with Crippen LogP contribution in [0.15, 0.2) is 18.2 Å². The number of benzene rings is 1. The Kier molecular flexibility index (Phi) is 3.42. The molecule has 0 aromatic heterocycles. The van der Waals surface area contributed by atoms with E-state index in [1.54, 1.807) is 12.1 Å². The second-order valence-corrected chi connectivity index (χ2v) is 6.04. The molecule has 0 unspecified atom stereocenters. The van der Waals surface area contributed by atoms with Gasteiger partial charge in [-0.2, -0.15) is 0 Å². The van der Waals surface area contributed by atoms with Crippen molar-refractivity contribution in [3.05, 3.63) is 28.3 Å². The number of nitro groups is 1. The van der Waals surface area contributed by atoms with E-state index in [2.05, 4.69) is 0 Å². The molecule has 2 atom stereocenters. The van der Waals surface area contributed by atoms with Gasteiger partial charge in [0.2, 0.25) is 0 Å². The number of hydrogen-bond acceptors (Lipinski definition) is 5. The summed E-state index contributed by atoms with van der Waals surface area (Å²) >= 11 is 0. The highest BCUT2D eigenvalue weighted by molar-refractivity contribution is 5.79. The van der Waals surface area contributed by atoms with Gasteiger partial charge in [0, 0.05) is 25.2 Å². The van der Waals surface area contributed by atoms with Crippen molar-refractivity contribution in [2.45, 2.75) is 19.3 Å². The minimum atomic E-state index is -0.789. The lowest BCUT2D eigenvalue weighted by Crippen LogP contribution is -2.35. The average Bonchev–Trinajstić information content (AvgIpc) is 3.04. The lowest BCUT2D eigenvalue weighted by Gasteiger charge is -2.24. The van der Waals surface area contributed by atoms with Gasteiger partial charge in [0.25, 0.3) is 5.69 Å². The summed E-state index contributed by atoms with van der Waals surface area (Å²) in [4.78, 5) is 24.4. The van der Waals surface area contributed by atoms with Crippen molar-refractivity contribution in [1.29, 1.82) is 0 Å². The summed E-state index contributed by atoms with van der Waals surface area (Å²) in [6.45, 7) is 0.862. The fourth-order valence-corrected chi connectivity index (χ4v) is 3.86. The third-order valence-corrected chi connectivity index (χ3v) is 5.02. The normalized spacial score (nSPS) is 26.8. The molecule has 22 heavy (non-hydrogen) atoms. The van der Waals surface area contributed by atoms with Crippen LogP contribution in [-0.2, 0) is 4.79 Å². The van der Waals surface area contributed by atoms with Crippen LogP contribution in [0.25, 0.3) is 0 Å². The van der Waals surface area contributed by atoms with Gasteiger partial charge in [-0.05, 0) is 24.8 Å². The van der Waals surface area contributed by atoms with Crippen molar-refractivity contribution in [3.63, 3.8) is 0 Å². The first-order valence-corrected chi connectivity index (χ1v) is 7.29. The molecule has 1 aliphatic carbocycles. The molecule has 1 aliphatic heterocycles. The van der Waals surface area contributed by atoms with Crippen LogP contribution in [0.4, 0.5) is 11.4 Å². The predicted molar refractivity (Wildman–Crippen MR) is 79.3 cm³/mol. The molecule has 7 nitrogen and oxygen atoms in total. The van der Waals surface area contributed by atoms with Crippen molar-refractivity contribution in [2.24, 2.45) is 11.3 Å². The molecule has 2 fully saturated rings. The Morgan fingerprint density at radius 1 is 1.55 bits per heavy atom. The number of fused-ring (bicyclic) bond motifs is 1. The van der Waals surface area contributed by atoms with E-state index in [1.807, 2.05) is 4.90 Å². The predicted octanol–water partition coefficient (Wildman–Crippen LogP) is 2.29. The molecule has 0 radical (unpaired) electrons. The van der Waals surface area contributed by atoms with Crippen molar-refractivity contribution >= 4 is 17.3 Å². The Bertz CT molecular complexity index is 632. The van der Waals surface area contributed by atoms with Crippen LogP contribution in [0.1, 0.15) is 19.3 Å². The van der Waals surface area contributed by atoms with Crippen LogP contribution < -0.4 is 9.64 Å². The molecule has 1 saturated heterocycles. The summed E-state index contributed by atoms with van der Waals surface area (Å²) in [6.07, 6.45) is 2.41. The van der Waals surface area contributed by atoms with Gasteiger partial charge in [-0.25, -0.2) is 0 Å². The molecule has 3 rings (SSSR count).